The SMILES string of the molecule is CN1CCCN(c2ccc(-c3nc(-c4cnc5ccc(F)cn45)nc(N[C@@H]4CCCN(C(=O)CC#N)C4)c3F)cn2)CC1. The Labute approximate surface area is 247 Å². The van der Waals surface area contributed by atoms with Crippen molar-refractivity contribution in [3.63, 3.8) is 0 Å². The van der Waals surface area contributed by atoms with Crippen LogP contribution in [-0.4, -0.2) is 92.4 Å². The van der Waals surface area contributed by atoms with Crippen LogP contribution in [0.4, 0.5) is 20.4 Å². The van der Waals surface area contributed by atoms with Crippen molar-refractivity contribution in [1.29, 1.82) is 5.26 Å². The molecular formula is C30H32F2N10O. The minimum Gasteiger partial charge on any atom is -0.363 e. The first-order valence-corrected chi connectivity index (χ1v) is 14.4. The number of piperidine rings is 1. The van der Waals surface area contributed by atoms with E-state index in [-0.39, 0.29) is 35.7 Å². The monoisotopic (exact) mass is 586 g/mol. The topological polar surface area (TPSA) is 119 Å². The molecule has 1 amide bonds. The predicted molar refractivity (Wildman–Crippen MR) is 157 cm³/mol. The van der Waals surface area contributed by atoms with Gasteiger partial charge in [-0.2, -0.15) is 5.26 Å². The predicted octanol–water partition coefficient (Wildman–Crippen LogP) is 3.59. The molecule has 1 atom stereocenters. The quantitative estimate of drug-likeness (QED) is 0.362. The fraction of sp³-hybridized carbons (Fsp3) is 0.400. The molecule has 4 aromatic heterocycles. The minimum atomic E-state index is -0.657. The molecule has 6 rings (SSSR count). The summed E-state index contributed by atoms with van der Waals surface area (Å²) in [7, 11) is 2.11. The van der Waals surface area contributed by atoms with Crippen LogP contribution in [0.2, 0.25) is 0 Å². The number of pyridine rings is 2. The minimum absolute atomic E-state index is 0.0365. The molecule has 13 heteroatoms. The molecule has 2 aliphatic rings. The molecule has 0 radical (unpaired) electrons. The van der Waals surface area contributed by atoms with Crippen LogP contribution in [-0.2, 0) is 4.79 Å². The van der Waals surface area contributed by atoms with Gasteiger partial charge in [-0.1, -0.05) is 0 Å². The number of rotatable bonds is 6. The van der Waals surface area contributed by atoms with Crippen molar-refractivity contribution in [3.05, 3.63) is 54.5 Å². The number of fused-ring (bicyclic) bond motifs is 1. The highest BCUT2D eigenvalue weighted by atomic mass is 19.1. The van der Waals surface area contributed by atoms with Gasteiger partial charge in [-0.25, -0.2) is 28.7 Å². The summed E-state index contributed by atoms with van der Waals surface area (Å²) in [6, 6.07) is 8.14. The average Bonchev–Trinajstić information content (AvgIpc) is 3.30. The molecule has 0 aliphatic carbocycles. The maximum Gasteiger partial charge on any atom is 0.236 e. The van der Waals surface area contributed by atoms with E-state index in [2.05, 4.69) is 42.1 Å². The van der Waals surface area contributed by atoms with E-state index in [1.165, 1.54) is 22.9 Å². The van der Waals surface area contributed by atoms with Crippen LogP contribution in [0.25, 0.3) is 28.4 Å². The average molecular weight is 587 g/mol. The van der Waals surface area contributed by atoms with Gasteiger partial charge >= 0.3 is 0 Å². The highest BCUT2D eigenvalue weighted by Crippen LogP contribution is 2.31. The van der Waals surface area contributed by atoms with Crippen molar-refractivity contribution >= 4 is 23.2 Å². The van der Waals surface area contributed by atoms with E-state index in [4.69, 9.17) is 5.26 Å². The Morgan fingerprint density at radius 1 is 1.05 bits per heavy atom. The Balaban J connectivity index is 1.36. The van der Waals surface area contributed by atoms with Crippen LogP contribution in [0, 0.1) is 23.0 Å². The number of carbonyl (C=O) groups is 1. The van der Waals surface area contributed by atoms with Crippen molar-refractivity contribution in [2.24, 2.45) is 0 Å². The van der Waals surface area contributed by atoms with Gasteiger partial charge in [0.15, 0.2) is 17.5 Å². The molecule has 11 nitrogen and oxygen atoms in total. The highest BCUT2D eigenvalue weighted by Gasteiger charge is 2.27. The molecule has 222 valence electrons. The van der Waals surface area contributed by atoms with E-state index in [1.54, 1.807) is 23.2 Å². The molecule has 0 aromatic carbocycles. The Kier molecular flexibility index (Phi) is 8.11. The molecule has 2 saturated heterocycles. The zero-order valence-corrected chi connectivity index (χ0v) is 23.9. The van der Waals surface area contributed by atoms with E-state index in [9.17, 15) is 9.18 Å². The zero-order valence-electron chi connectivity index (χ0n) is 23.9. The molecule has 43 heavy (non-hydrogen) atoms. The lowest BCUT2D eigenvalue weighted by Crippen LogP contribution is -2.45. The van der Waals surface area contributed by atoms with E-state index >= 15 is 4.39 Å². The van der Waals surface area contributed by atoms with Gasteiger partial charge in [0.05, 0.1) is 12.3 Å². The second kappa shape index (κ2) is 12.3. The first-order valence-electron chi connectivity index (χ1n) is 14.4. The first-order chi connectivity index (χ1) is 20.9. The summed E-state index contributed by atoms with van der Waals surface area (Å²) in [5, 5.41) is 12.1. The van der Waals surface area contributed by atoms with Gasteiger partial charge in [0.2, 0.25) is 5.91 Å². The van der Waals surface area contributed by atoms with Crippen molar-refractivity contribution in [3.8, 4) is 28.8 Å². The van der Waals surface area contributed by atoms with E-state index in [0.717, 1.165) is 38.4 Å². The number of likely N-dealkylation sites (tertiary alicyclic amines) is 1. The lowest BCUT2D eigenvalue weighted by Gasteiger charge is -2.33. The van der Waals surface area contributed by atoms with Crippen molar-refractivity contribution in [2.75, 3.05) is 56.5 Å². The number of hydrogen-bond acceptors (Lipinski definition) is 9. The fourth-order valence-electron chi connectivity index (χ4n) is 5.65. The van der Waals surface area contributed by atoms with Crippen LogP contribution in [0.15, 0.2) is 42.9 Å². The molecular weight excluding hydrogens is 554 g/mol. The first kappa shape index (κ1) is 28.4. The number of amides is 1. The standard InChI is InChI=1S/C30H32F2N10O/c1-39-11-3-13-40(15-14-39)24-7-5-20(16-34-24)28-27(32)30(36-22-4-2-12-41(19-22)26(43)9-10-33)38-29(37-28)23-17-35-25-8-6-21(31)18-42(23)25/h5-8,16-18,22H,2-4,9,11-15,19H2,1H3,(H,36,37,38)/t22-/m1/s1. The summed E-state index contributed by atoms with van der Waals surface area (Å²) < 4.78 is 31.9. The molecule has 2 aliphatic heterocycles. The number of nitrogens with zero attached hydrogens (tertiary/aromatic N) is 9. The van der Waals surface area contributed by atoms with Crippen LogP contribution >= 0.6 is 0 Å². The third kappa shape index (κ3) is 6.10. The number of halogens is 2. The third-order valence-corrected chi connectivity index (χ3v) is 7.96. The Hall–Kier alpha value is -4.70. The summed E-state index contributed by atoms with van der Waals surface area (Å²) in [5.41, 5.74) is 1.40. The zero-order chi connectivity index (χ0) is 29.9. The Morgan fingerprint density at radius 3 is 2.74 bits per heavy atom. The summed E-state index contributed by atoms with van der Waals surface area (Å²) >= 11 is 0. The third-order valence-electron chi connectivity index (χ3n) is 7.96. The van der Waals surface area contributed by atoms with Gasteiger partial charge in [0, 0.05) is 56.7 Å². The summed E-state index contributed by atoms with van der Waals surface area (Å²) in [6.07, 6.45) is 6.63. The largest absolute Gasteiger partial charge is 0.363 e. The van der Waals surface area contributed by atoms with E-state index < -0.39 is 11.6 Å². The number of nitriles is 1. The number of likely N-dealkylation sites (N-methyl/N-ethyl adjacent to an activating group) is 1. The lowest BCUT2D eigenvalue weighted by atomic mass is 10.0. The second-order valence-electron chi connectivity index (χ2n) is 11.0. The molecule has 0 unspecified atom stereocenters. The summed E-state index contributed by atoms with van der Waals surface area (Å²) in [4.78, 5) is 36.6. The number of anilines is 2. The van der Waals surface area contributed by atoms with Gasteiger partial charge in [-0.3, -0.25) is 9.20 Å². The fourth-order valence-corrected chi connectivity index (χ4v) is 5.65. The smallest absolute Gasteiger partial charge is 0.236 e. The molecule has 0 bridgehead atoms. The molecule has 0 saturated carbocycles. The molecule has 2 fully saturated rings. The highest BCUT2D eigenvalue weighted by molar-refractivity contribution is 5.78. The summed E-state index contributed by atoms with van der Waals surface area (Å²) in [6.45, 7) is 4.55. The molecule has 4 aromatic rings. The van der Waals surface area contributed by atoms with Gasteiger partial charge in [0.25, 0.3) is 0 Å². The number of imidazole rings is 1. The maximum atomic E-state index is 16.2. The molecule has 0 spiro atoms. The van der Waals surface area contributed by atoms with Crippen LogP contribution < -0.4 is 10.2 Å². The van der Waals surface area contributed by atoms with Crippen molar-refractivity contribution < 1.29 is 13.6 Å². The molecule has 6 heterocycles. The van der Waals surface area contributed by atoms with E-state index in [1.807, 2.05) is 12.1 Å². The normalized spacial score (nSPS) is 18.0. The number of aromatic nitrogens is 5. The van der Waals surface area contributed by atoms with Gasteiger partial charge < -0.3 is 20.0 Å². The van der Waals surface area contributed by atoms with E-state index in [0.29, 0.717) is 42.8 Å². The summed E-state index contributed by atoms with van der Waals surface area (Å²) in [5.74, 6) is -0.441. The van der Waals surface area contributed by atoms with Crippen LogP contribution in [0.1, 0.15) is 25.7 Å². The Bertz CT molecular complexity index is 1670. The lowest BCUT2D eigenvalue weighted by molar-refractivity contribution is -0.131. The second-order valence-corrected chi connectivity index (χ2v) is 11.0. The van der Waals surface area contributed by atoms with Crippen LogP contribution in [0.3, 0.4) is 0 Å². The Morgan fingerprint density at radius 2 is 1.93 bits per heavy atom. The van der Waals surface area contributed by atoms with Crippen LogP contribution in [0.5, 0.6) is 0 Å². The number of hydrogen-bond donors (Lipinski definition) is 1. The number of carbonyl (C=O) groups excluding carboxylic acids is 1. The molecule has 1 N–H and O–H groups in total. The van der Waals surface area contributed by atoms with Crippen molar-refractivity contribution in [1.82, 2.24) is 34.1 Å². The van der Waals surface area contributed by atoms with Crippen molar-refractivity contribution in [2.45, 2.75) is 31.7 Å². The van der Waals surface area contributed by atoms with Gasteiger partial charge in [0.1, 0.15) is 35.1 Å². The van der Waals surface area contributed by atoms with Gasteiger partial charge in [-0.15, -0.1) is 0 Å². The number of nitrogens with one attached hydrogen (secondary N) is 1. The maximum absolute atomic E-state index is 16.2. The van der Waals surface area contributed by atoms with Gasteiger partial charge in [-0.05, 0) is 57.1 Å².